The molecule has 6 N–H and O–H groups in total. The van der Waals surface area contributed by atoms with Crippen molar-refractivity contribution >= 4 is 7.82 Å². The molecule has 0 spiro atoms. The van der Waals surface area contributed by atoms with Gasteiger partial charge in [-0.05, 0) is 0 Å². The lowest BCUT2D eigenvalue weighted by Gasteiger charge is -2.00. The van der Waals surface area contributed by atoms with E-state index in [4.69, 9.17) is 9.79 Å². The molecule has 0 fully saturated rings. The Bertz CT molecular complexity index is 241. The largest absolute Gasteiger partial charge is 0.526 e. The van der Waals surface area contributed by atoms with Crippen LogP contribution in [0.15, 0.2) is 12.3 Å². The molecule has 0 aliphatic carbocycles. The number of phosphoric acid groups is 1. The minimum absolute atomic E-state index is 0. The van der Waals surface area contributed by atoms with E-state index < -0.39 is 7.82 Å². The second kappa shape index (κ2) is 3.49. The second-order valence-electron chi connectivity index (χ2n) is 1.49. The molecule has 7 nitrogen and oxygen atoms in total. The molecule has 0 saturated carbocycles. The monoisotopic (exact) mass is 181 g/mol. The van der Waals surface area contributed by atoms with Crippen molar-refractivity contribution < 1.29 is 18.9 Å². The Balaban J connectivity index is 0.000001000. The fourth-order valence-corrected chi connectivity index (χ4v) is 0.765. The number of nitrogens with zero attached hydrogens (tertiary/aromatic N) is 1. The molecule has 1 aromatic rings. The molecule has 0 bridgehead atoms. The number of rotatable bonds is 2. The zero-order chi connectivity index (χ0) is 7.61. The fourth-order valence-electron chi connectivity index (χ4n) is 0.419. The van der Waals surface area contributed by atoms with Crippen LogP contribution in [0.1, 0.15) is 0 Å². The molecule has 1 heterocycles. The maximum atomic E-state index is 10.1. The third-order valence-corrected chi connectivity index (χ3v) is 1.11. The van der Waals surface area contributed by atoms with Crippen molar-refractivity contribution in [3.8, 4) is 5.88 Å². The number of H-pyrrole nitrogens is 1. The van der Waals surface area contributed by atoms with Crippen molar-refractivity contribution in [2.45, 2.75) is 0 Å². The standard InChI is InChI=1S/C3H5N2O4P.H3N/c6-10(7,8)9-3-1-2-4-5-3;/h1-2H,(H,4,5)(H2,6,7,8);1H3. The molecule has 64 valence electrons. The van der Waals surface area contributed by atoms with Crippen molar-refractivity contribution in [3.63, 3.8) is 0 Å². The van der Waals surface area contributed by atoms with Crippen LogP contribution < -0.4 is 10.7 Å². The van der Waals surface area contributed by atoms with Gasteiger partial charge in [0.25, 0.3) is 0 Å². The first kappa shape index (κ1) is 10.1. The molecule has 0 radical (unpaired) electrons. The van der Waals surface area contributed by atoms with Crippen molar-refractivity contribution in [2.75, 3.05) is 0 Å². The van der Waals surface area contributed by atoms with Crippen molar-refractivity contribution in [1.29, 1.82) is 0 Å². The van der Waals surface area contributed by atoms with E-state index >= 15 is 0 Å². The van der Waals surface area contributed by atoms with Gasteiger partial charge in [-0.25, -0.2) is 4.57 Å². The van der Waals surface area contributed by atoms with Gasteiger partial charge >= 0.3 is 7.82 Å². The van der Waals surface area contributed by atoms with Crippen LogP contribution in [0.4, 0.5) is 0 Å². The van der Waals surface area contributed by atoms with Gasteiger partial charge in [0.05, 0.1) is 0 Å². The first-order chi connectivity index (χ1) is 4.58. The Labute approximate surface area is 62.2 Å². The molecular weight excluding hydrogens is 173 g/mol. The van der Waals surface area contributed by atoms with Crippen LogP contribution in [0.3, 0.4) is 0 Å². The maximum absolute atomic E-state index is 10.1. The summed E-state index contributed by atoms with van der Waals surface area (Å²) in [6, 6.07) is 1.30. The van der Waals surface area contributed by atoms with Gasteiger partial charge in [-0.1, -0.05) is 0 Å². The van der Waals surface area contributed by atoms with Gasteiger partial charge in [-0.15, -0.1) is 5.10 Å². The molecule has 11 heavy (non-hydrogen) atoms. The summed E-state index contributed by atoms with van der Waals surface area (Å²) in [7, 11) is -4.44. The first-order valence-electron chi connectivity index (χ1n) is 2.33. The Morgan fingerprint density at radius 3 is 2.64 bits per heavy atom. The van der Waals surface area contributed by atoms with E-state index in [1.54, 1.807) is 0 Å². The summed E-state index contributed by atoms with van der Waals surface area (Å²) in [5.74, 6) is -0.117. The minimum atomic E-state index is -4.44. The summed E-state index contributed by atoms with van der Waals surface area (Å²) in [5, 5.41) is 5.70. The summed E-state index contributed by atoms with van der Waals surface area (Å²) in [5.41, 5.74) is 0. The van der Waals surface area contributed by atoms with E-state index in [1.165, 1.54) is 12.3 Å². The number of hydrogen-bond donors (Lipinski definition) is 4. The highest BCUT2D eigenvalue weighted by molar-refractivity contribution is 7.46. The molecule has 0 saturated heterocycles. The highest BCUT2D eigenvalue weighted by Gasteiger charge is 2.16. The van der Waals surface area contributed by atoms with Crippen LogP contribution in [0.5, 0.6) is 5.88 Å². The quantitative estimate of drug-likeness (QED) is 0.476. The molecule has 8 heteroatoms. The fraction of sp³-hybridized carbons (Fsp3) is 0. The molecule has 0 aliphatic heterocycles. The lowest BCUT2D eigenvalue weighted by atomic mass is 10.7. The van der Waals surface area contributed by atoms with Gasteiger partial charge in [0.2, 0.25) is 5.88 Å². The summed E-state index contributed by atoms with van der Waals surface area (Å²) in [4.78, 5) is 16.4. The van der Waals surface area contributed by atoms with Gasteiger partial charge in [0.15, 0.2) is 0 Å². The SMILES string of the molecule is N.O=P(O)(O)Oc1cc[nH]n1. The molecule has 0 aliphatic rings. The summed E-state index contributed by atoms with van der Waals surface area (Å²) < 4.78 is 14.2. The van der Waals surface area contributed by atoms with Crippen LogP contribution in [0, 0.1) is 0 Å². The molecule has 0 amide bonds. The predicted molar refractivity (Wildman–Crippen MR) is 36.3 cm³/mol. The summed E-state index contributed by atoms with van der Waals surface area (Å²) in [6.45, 7) is 0. The molecule has 0 aromatic carbocycles. The van der Waals surface area contributed by atoms with E-state index in [-0.39, 0.29) is 12.0 Å². The number of hydrogen-bond acceptors (Lipinski definition) is 4. The Kier molecular flexibility index (Phi) is 3.21. The molecule has 0 atom stereocenters. The van der Waals surface area contributed by atoms with E-state index in [0.29, 0.717) is 0 Å². The Morgan fingerprint density at radius 2 is 2.27 bits per heavy atom. The van der Waals surface area contributed by atoms with E-state index in [2.05, 4.69) is 14.7 Å². The van der Waals surface area contributed by atoms with Crippen LogP contribution in [-0.4, -0.2) is 20.0 Å². The van der Waals surface area contributed by atoms with Crippen molar-refractivity contribution in [2.24, 2.45) is 0 Å². The summed E-state index contributed by atoms with van der Waals surface area (Å²) in [6.07, 6.45) is 1.39. The first-order valence-corrected chi connectivity index (χ1v) is 3.86. The normalized spacial score (nSPS) is 10.4. The van der Waals surface area contributed by atoms with Gasteiger partial charge in [0, 0.05) is 12.3 Å². The molecule has 1 aromatic heterocycles. The molecule has 0 unspecified atom stereocenters. The minimum Gasteiger partial charge on any atom is -0.384 e. The third kappa shape index (κ3) is 3.74. The van der Waals surface area contributed by atoms with Crippen molar-refractivity contribution in [3.05, 3.63) is 12.3 Å². The summed E-state index contributed by atoms with van der Waals surface area (Å²) >= 11 is 0. The van der Waals surface area contributed by atoms with Crippen LogP contribution >= 0.6 is 7.82 Å². The smallest absolute Gasteiger partial charge is 0.384 e. The third-order valence-electron chi connectivity index (χ3n) is 0.688. The lowest BCUT2D eigenvalue weighted by molar-refractivity contribution is 0.279. The zero-order valence-electron chi connectivity index (χ0n) is 5.47. The van der Waals surface area contributed by atoms with Crippen molar-refractivity contribution in [1.82, 2.24) is 16.3 Å². The maximum Gasteiger partial charge on any atom is 0.526 e. The van der Waals surface area contributed by atoms with Crippen LogP contribution in [0.2, 0.25) is 0 Å². The Morgan fingerprint density at radius 1 is 1.64 bits per heavy atom. The highest BCUT2D eigenvalue weighted by atomic mass is 31.2. The number of nitrogens with one attached hydrogen (secondary N) is 1. The second-order valence-corrected chi connectivity index (χ2v) is 2.66. The van der Waals surface area contributed by atoms with E-state index in [1.807, 2.05) is 0 Å². The number of phosphoric ester groups is 1. The lowest BCUT2D eigenvalue weighted by Crippen LogP contribution is -1.89. The van der Waals surface area contributed by atoms with Gasteiger partial charge < -0.3 is 10.7 Å². The highest BCUT2D eigenvalue weighted by Crippen LogP contribution is 2.35. The number of aromatic nitrogens is 2. The topological polar surface area (TPSA) is 130 Å². The van der Waals surface area contributed by atoms with Gasteiger partial charge in [-0.2, -0.15) is 0 Å². The average molecular weight is 181 g/mol. The van der Waals surface area contributed by atoms with Crippen LogP contribution in [0.25, 0.3) is 0 Å². The molecular formula is C3H8N3O4P. The van der Waals surface area contributed by atoms with Crippen LogP contribution in [-0.2, 0) is 4.57 Å². The van der Waals surface area contributed by atoms with Gasteiger partial charge in [-0.3, -0.25) is 14.9 Å². The number of aromatic amines is 1. The van der Waals surface area contributed by atoms with E-state index in [9.17, 15) is 4.57 Å². The average Bonchev–Trinajstić information content (AvgIpc) is 2.12. The Hall–Kier alpha value is -0.880. The molecule has 1 rings (SSSR count). The van der Waals surface area contributed by atoms with E-state index in [0.717, 1.165) is 0 Å². The zero-order valence-corrected chi connectivity index (χ0v) is 6.36. The van der Waals surface area contributed by atoms with Gasteiger partial charge in [0.1, 0.15) is 0 Å². The predicted octanol–water partition coefficient (Wildman–Crippen LogP) is 0.0432.